The largest absolute Gasteiger partial charge is 0.362 e. The zero-order chi connectivity index (χ0) is 13.7. The molecule has 0 bridgehead atoms. The van der Waals surface area contributed by atoms with E-state index in [1.165, 1.54) is 0 Å². The van der Waals surface area contributed by atoms with Crippen molar-refractivity contribution in [2.75, 3.05) is 6.54 Å². The molecule has 0 radical (unpaired) electrons. The molecule has 5 nitrogen and oxygen atoms in total. The Kier molecular flexibility index (Phi) is 5.07. The lowest BCUT2D eigenvalue weighted by Gasteiger charge is -2.15. The van der Waals surface area contributed by atoms with Gasteiger partial charge < -0.3 is 9.78 Å². The fourth-order valence-electron chi connectivity index (χ4n) is 1.96. The summed E-state index contributed by atoms with van der Waals surface area (Å²) in [4.78, 5) is 24.5. The molecule has 1 N–H and O–H groups in total. The van der Waals surface area contributed by atoms with E-state index in [1.54, 1.807) is 6.92 Å². The number of carbonyl (C=O) groups is 1. The summed E-state index contributed by atoms with van der Waals surface area (Å²) in [6, 6.07) is 3.80. The maximum Gasteiger partial charge on any atom is 0.212 e. The van der Waals surface area contributed by atoms with E-state index in [1.807, 2.05) is 26.0 Å². The molecule has 5 heteroatoms. The van der Waals surface area contributed by atoms with Crippen LogP contribution in [-0.2, 0) is 11.2 Å². The van der Waals surface area contributed by atoms with Crippen molar-refractivity contribution in [3.63, 3.8) is 0 Å². The van der Waals surface area contributed by atoms with Crippen molar-refractivity contribution in [1.82, 2.24) is 4.98 Å². The van der Waals surface area contributed by atoms with Crippen molar-refractivity contribution in [3.05, 3.63) is 33.6 Å². The Balaban J connectivity index is 2.74. The number of hydrogen-bond acceptors (Lipinski definition) is 3. The number of H-pyrrole nitrogens is 1. The summed E-state index contributed by atoms with van der Waals surface area (Å²) in [6.45, 7) is 5.45. The summed E-state index contributed by atoms with van der Waals surface area (Å²) in [6.07, 6.45) is 1.17. The topological polar surface area (TPSA) is 76.0 Å². The molecule has 0 aliphatic heterocycles. The molecule has 1 atom stereocenters. The maximum atomic E-state index is 10.9. The Morgan fingerprint density at radius 1 is 1.44 bits per heavy atom. The molecule has 18 heavy (non-hydrogen) atoms. The Hall–Kier alpha value is -1.65. The normalized spacial score (nSPS) is 12.7. The molecule has 0 saturated carbocycles. The van der Waals surface area contributed by atoms with Crippen molar-refractivity contribution >= 4 is 5.78 Å². The smallest absolute Gasteiger partial charge is 0.212 e. The Labute approximate surface area is 107 Å². The number of Topliss-reactive ketones (excluding diaryl/α,β-unsaturated/α-hetero) is 1. The molecule has 0 fully saturated rings. The average Bonchev–Trinajstić information content (AvgIpc) is 2.70. The van der Waals surface area contributed by atoms with Gasteiger partial charge in [-0.1, -0.05) is 13.8 Å². The highest BCUT2D eigenvalue weighted by molar-refractivity contribution is 5.75. The minimum Gasteiger partial charge on any atom is -0.362 e. The molecule has 1 heterocycles. The van der Waals surface area contributed by atoms with E-state index >= 15 is 0 Å². The van der Waals surface area contributed by atoms with E-state index in [0.29, 0.717) is 12.8 Å². The summed E-state index contributed by atoms with van der Waals surface area (Å²) in [7, 11) is 0. The van der Waals surface area contributed by atoms with Gasteiger partial charge in [-0.25, -0.2) is 0 Å². The third-order valence-electron chi connectivity index (χ3n) is 3.07. The number of nitrogens with one attached hydrogen (secondary N) is 1. The first-order valence-electron chi connectivity index (χ1n) is 6.19. The van der Waals surface area contributed by atoms with Crippen LogP contribution in [0.3, 0.4) is 0 Å². The third-order valence-corrected chi connectivity index (χ3v) is 3.07. The van der Waals surface area contributed by atoms with Gasteiger partial charge in [0.1, 0.15) is 5.78 Å². The van der Waals surface area contributed by atoms with Gasteiger partial charge in [-0.2, -0.15) is 0 Å². The van der Waals surface area contributed by atoms with E-state index in [0.717, 1.165) is 11.4 Å². The van der Waals surface area contributed by atoms with Crippen molar-refractivity contribution in [3.8, 4) is 0 Å². The molecule has 0 aromatic carbocycles. The van der Waals surface area contributed by atoms with Gasteiger partial charge in [0, 0.05) is 22.7 Å². The lowest BCUT2D eigenvalue weighted by atomic mass is 9.93. The first-order chi connectivity index (χ1) is 8.40. The Bertz CT molecular complexity index is 424. The minimum absolute atomic E-state index is 0.0652. The van der Waals surface area contributed by atoms with Crippen molar-refractivity contribution < 1.29 is 9.72 Å². The summed E-state index contributed by atoms with van der Waals surface area (Å²) < 4.78 is 0. The van der Waals surface area contributed by atoms with E-state index in [9.17, 15) is 14.9 Å². The van der Waals surface area contributed by atoms with Crippen molar-refractivity contribution in [2.45, 2.75) is 39.5 Å². The number of aryl methyl sites for hydroxylation is 1. The van der Waals surface area contributed by atoms with E-state index in [2.05, 4.69) is 4.98 Å². The van der Waals surface area contributed by atoms with Crippen LogP contribution in [0.2, 0.25) is 0 Å². The zero-order valence-electron chi connectivity index (χ0n) is 11.1. The first-order valence-corrected chi connectivity index (χ1v) is 6.19. The SMILES string of the molecule is CC(=O)CCc1ccc(C(C[N+](=O)[O-])C(C)C)[nH]1. The number of carbonyl (C=O) groups excluding carboxylic acids is 1. The highest BCUT2D eigenvalue weighted by atomic mass is 16.6. The zero-order valence-corrected chi connectivity index (χ0v) is 11.1. The maximum absolute atomic E-state index is 10.9. The molecule has 1 aromatic rings. The van der Waals surface area contributed by atoms with Gasteiger partial charge in [0.2, 0.25) is 6.54 Å². The van der Waals surface area contributed by atoms with Crippen LogP contribution in [0.4, 0.5) is 0 Å². The highest BCUT2D eigenvalue weighted by Gasteiger charge is 2.22. The number of ketones is 1. The summed E-state index contributed by atoms with van der Waals surface area (Å²) in [5.41, 5.74) is 1.86. The summed E-state index contributed by atoms with van der Waals surface area (Å²) in [5.74, 6) is 0.248. The molecule has 1 unspecified atom stereocenters. The molecule has 0 aliphatic rings. The van der Waals surface area contributed by atoms with Crippen molar-refractivity contribution in [1.29, 1.82) is 0 Å². The van der Waals surface area contributed by atoms with Gasteiger partial charge in [0.15, 0.2) is 0 Å². The van der Waals surface area contributed by atoms with E-state index < -0.39 is 0 Å². The number of nitro groups is 1. The molecule has 0 spiro atoms. The fraction of sp³-hybridized carbons (Fsp3) is 0.615. The standard InChI is InChI=1S/C13H20N2O3/c1-9(2)12(8-15(17)18)13-7-6-11(14-13)5-4-10(3)16/h6-7,9,12,14H,4-5,8H2,1-3H3. The predicted molar refractivity (Wildman–Crippen MR) is 69.2 cm³/mol. The third kappa shape index (κ3) is 4.31. The quantitative estimate of drug-likeness (QED) is 0.598. The Morgan fingerprint density at radius 3 is 2.61 bits per heavy atom. The van der Waals surface area contributed by atoms with Gasteiger partial charge in [0.25, 0.3) is 0 Å². The monoisotopic (exact) mass is 252 g/mol. The molecular formula is C13H20N2O3. The van der Waals surface area contributed by atoms with Crippen LogP contribution in [0.5, 0.6) is 0 Å². The second-order valence-electron chi connectivity index (χ2n) is 5.01. The van der Waals surface area contributed by atoms with Gasteiger partial charge in [-0.05, 0) is 31.4 Å². The lowest BCUT2D eigenvalue weighted by molar-refractivity contribution is -0.484. The van der Waals surface area contributed by atoms with Crippen LogP contribution in [0.15, 0.2) is 12.1 Å². The average molecular weight is 252 g/mol. The first kappa shape index (κ1) is 14.4. The highest BCUT2D eigenvalue weighted by Crippen LogP contribution is 2.24. The van der Waals surface area contributed by atoms with Gasteiger partial charge in [-0.15, -0.1) is 0 Å². The molecule has 0 amide bonds. The van der Waals surface area contributed by atoms with Gasteiger partial charge in [-0.3, -0.25) is 10.1 Å². The van der Waals surface area contributed by atoms with E-state index in [4.69, 9.17) is 0 Å². The van der Waals surface area contributed by atoms with Gasteiger partial charge >= 0.3 is 0 Å². The minimum atomic E-state index is -0.277. The fourth-order valence-corrected chi connectivity index (χ4v) is 1.96. The van der Waals surface area contributed by atoms with Crippen LogP contribution >= 0.6 is 0 Å². The summed E-state index contributed by atoms with van der Waals surface area (Å²) >= 11 is 0. The van der Waals surface area contributed by atoms with Crippen molar-refractivity contribution in [2.24, 2.45) is 5.92 Å². The second-order valence-corrected chi connectivity index (χ2v) is 5.01. The number of aromatic nitrogens is 1. The number of hydrogen-bond donors (Lipinski definition) is 1. The van der Waals surface area contributed by atoms with Crippen LogP contribution in [0.1, 0.15) is 44.5 Å². The number of rotatable bonds is 7. The van der Waals surface area contributed by atoms with Crippen LogP contribution < -0.4 is 0 Å². The van der Waals surface area contributed by atoms with E-state index in [-0.39, 0.29) is 29.1 Å². The molecule has 1 rings (SSSR count). The number of aromatic amines is 1. The molecule has 1 aromatic heterocycles. The van der Waals surface area contributed by atoms with Gasteiger partial charge in [0.05, 0.1) is 5.92 Å². The molecular weight excluding hydrogens is 232 g/mol. The molecule has 100 valence electrons. The second kappa shape index (κ2) is 6.33. The molecule has 0 aliphatic carbocycles. The predicted octanol–water partition coefficient (Wildman–Crippen LogP) is 2.55. The Morgan fingerprint density at radius 2 is 2.11 bits per heavy atom. The van der Waals surface area contributed by atoms with Crippen LogP contribution in [0, 0.1) is 16.0 Å². The number of nitrogens with zero attached hydrogens (tertiary/aromatic N) is 1. The van der Waals surface area contributed by atoms with Crippen LogP contribution in [-0.4, -0.2) is 22.2 Å². The van der Waals surface area contributed by atoms with Crippen LogP contribution in [0.25, 0.3) is 0 Å². The summed E-state index contributed by atoms with van der Waals surface area (Å²) in [5, 5.41) is 10.7. The molecule has 0 saturated heterocycles. The lowest BCUT2D eigenvalue weighted by Crippen LogP contribution is -2.18.